The zero-order valence-corrected chi connectivity index (χ0v) is 15.5. The molecule has 0 aliphatic carbocycles. The SMILES string of the molecule is [C-]#[N+]C(C)(C)c1ccc(F)c([N+](=O)[O-])c1.[C-]#[N+]C(C)(C)c1ccc(F)cc1. The van der Waals surface area contributed by atoms with Crippen LogP contribution in [-0.4, -0.2) is 4.92 Å². The topological polar surface area (TPSA) is 51.9 Å². The van der Waals surface area contributed by atoms with Gasteiger partial charge in [-0.2, -0.15) is 4.39 Å². The van der Waals surface area contributed by atoms with Crippen molar-refractivity contribution in [3.8, 4) is 0 Å². The summed E-state index contributed by atoms with van der Waals surface area (Å²) in [5.41, 5.74) is -0.736. The number of hydrogen-bond acceptors (Lipinski definition) is 2. The number of halogens is 2. The molecule has 0 heterocycles. The molecule has 27 heavy (non-hydrogen) atoms. The number of nitro groups is 1. The Hall–Kier alpha value is -3.32. The largest absolute Gasteiger partial charge is 0.306 e. The van der Waals surface area contributed by atoms with Crippen molar-refractivity contribution in [3.63, 3.8) is 0 Å². The van der Waals surface area contributed by atoms with Gasteiger partial charge in [-0.15, -0.1) is 0 Å². The predicted octanol–water partition coefficient (Wildman–Crippen LogP) is 5.87. The molecule has 0 aromatic heterocycles. The first-order valence-electron chi connectivity index (χ1n) is 7.92. The van der Waals surface area contributed by atoms with Crippen LogP contribution in [0, 0.1) is 34.9 Å². The van der Waals surface area contributed by atoms with E-state index >= 15 is 0 Å². The first-order valence-corrected chi connectivity index (χ1v) is 7.92. The average molecular weight is 371 g/mol. The van der Waals surface area contributed by atoms with Crippen LogP contribution in [0.5, 0.6) is 0 Å². The van der Waals surface area contributed by atoms with E-state index < -0.39 is 27.5 Å². The van der Waals surface area contributed by atoms with Crippen molar-refractivity contribution in [2.24, 2.45) is 0 Å². The number of hydrogen-bond donors (Lipinski definition) is 0. The lowest BCUT2D eigenvalue weighted by molar-refractivity contribution is -0.387. The summed E-state index contributed by atoms with van der Waals surface area (Å²) in [7, 11) is 0. The Labute approximate surface area is 157 Å². The van der Waals surface area contributed by atoms with Crippen molar-refractivity contribution in [1.29, 1.82) is 0 Å². The normalized spacial score (nSPS) is 10.8. The summed E-state index contributed by atoms with van der Waals surface area (Å²) in [5, 5.41) is 10.5. The van der Waals surface area contributed by atoms with Crippen LogP contribution in [0.15, 0.2) is 42.5 Å². The monoisotopic (exact) mass is 371 g/mol. The molecule has 0 aliphatic heterocycles. The van der Waals surface area contributed by atoms with Crippen LogP contribution < -0.4 is 0 Å². The van der Waals surface area contributed by atoms with E-state index in [1.807, 2.05) is 13.8 Å². The van der Waals surface area contributed by atoms with Gasteiger partial charge in [-0.05, 0) is 36.4 Å². The summed E-state index contributed by atoms with van der Waals surface area (Å²) in [5.74, 6) is -1.15. The smallest absolute Gasteiger partial charge is 0.305 e. The summed E-state index contributed by atoms with van der Waals surface area (Å²) in [6.45, 7) is 20.7. The zero-order valence-electron chi connectivity index (χ0n) is 15.5. The van der Waals surface area contributed by atoms with E-state index in [0.717, 1.165) is 17.7 Å². The van der Waals surface area contributed by atoms with Crippen LogP contribution in [-0.2, 0) is 11.1 Å². The summed E-state index contributed by atoms with van der Waals surface area (Å²) in [6.07, 6.45) is 0. The van der Waals surface area contributed by atoms with E-state index in [9.17, 15) is 18.9 Å². The molecule has 5 nitrogen and oxygen atoms in total. The molecule has 0 amide bonds. The van der Waals surface area contributed by atoms with Crippen LogP contribution in [0.4, 0.5) is 14.5 Å². The fraction of sp³-hybridized carbons (Fsp3) is 0.300. The zero-order chi connectivity index (χ0) is 20.8. The highest BCUT2D eigenvalue weighted by atomic mass is 19.1. The van der Waals surface area contributed by atoms with Gasteiger partial charge >= 0.3 is 5.69 Å². The molecule has 0 saturated carbocycles. The van der Waals surface area contributed by atoms with Gasteiger partial charge in [0.1, 0.15) is 5.82 Å². The molecule has 0 fully saturated rings. The molecular formula is C20H19F2N3O2. The van der Waals surface area contributed by atoms with Crippen LogP contribution in [0.3, 0.4) is 0 Å². The van der Waals surface area contributed by atoms with Crippen molar-refractivity contribution in [3.05, 3.63) is 98.2 Å². The molecular weight excluding hydrogens is 352 g/mol. The minimum Gasteiger partial charge on any atom is -0.306 e. The Bertz CT molecular complexity index is 908. The van der Waals surface area contributed by atoms with Crippen molar-refractivity contribution in [2.75, 3.05) is 0 Å². The molecule has 0 aliphatic rings. The third kappa shape index (κ3) is 5.58. The molecule has 0 atom stereocenters. The lowest BCUT2D eigenvalue weighted by Crippen LogP contribution is -2.11. The van der Waals surface area contributed by atoms with Gasteiger partial charge in [-0.25, -0.2) is 17.5 Å². The van der Waals surface area contributed by atoms with Gasteiger partial charge in [-0.1, -0.05) is 0 Å². The summed E-state index contributed by atoms with van der Waals surface area (Å²) in [4.78, 5) is 16.5. The fourth-order valence-electron chi connectivity index (χ4n) is 2.02. The summed E-state index contributed by atoms with van der Waals surface area (Å²) in [6, 6.07) is 9.55. The van der Waals surface area contributed by atoms with Gasteiger partial charge in [0.2, 0.25) is 5.82 Å². The van der Waals surface area contributed by atoms with Crippen molar-refractivity contribution < 1.29 is 13.7 Å². The highest BCUT2D eigenvalue weighted by Gasteiger charge is 2.29. The third-order valence-electron chi connectivity index (χ3n) is 3.96. The van der Waals surface area contributed by atoms with Gasteiger partial charge in [0.25, 0.3) is 11.1 Å². The maximum atomic E-state index is 13.0. The van der Waals surface area contributed by atoms with Crippen LogP contribution in [0.25, 0.3) is 9.69 Å². The Morgan fingerprint density at radius 1 is 0.889 bits per heavy atom. The van der Waals surface area contributed by atoms with Gasteiger partial charge in [0.05, 0.1) is 4.92 Å². The Balaban J connectivity index is 0.000000277. The van der Waals surface area contributed by atoms with E-state index in [2.05, 4.69) is 9.69 Å². The standard InChI is InChI=1S/C10H9FN2O2.C10H10FN/c1-10(2,12-3)7-4-5-8(11)9(6-7)13(14)15;1-10(2,12-3)8-4-6-9(11)7-5-8/h4-6H,1-2H3;4-7H,1-2H3. The molecule has 2 aromatic rings. The summed E-state index contributed by atoms with van der Waals surface area (Å²) >= 11 is 0. The molecule has 2 aromatic carbocycles. The van der Waals surface area contributed by atoms with E-state index in [4.69, 9.17) is 13.1 Å². The first-order chi connectivity index (χ1) is 12.4. The second-order valence-electron chi connectivity index (χ2n) is 6.77. The molecule has 140 valence electrons. The fourth-order valence-corrected chi connectivity index (χ4v) is 2.02. The van der Waals surface area contributed by atoms with Gasteiger partial charge in [0, 0.05) is 44.9 Å². The minimum atomic E-state index is -0.885. The highest BCUT2D eigenvalue weighted by molar-refractivity contribution is 5.40. The lowest BCUT2D eigenvalue weighted by Gasteiger charge is -2.10. The van der Waals surface area contributed by atoms with Crippen LogP contribution in [0.1, 0.15) is 38.8 Å². The van der Waals surface area contributed by atoms with E-state index in [1.54, 1.807) is 26.0 Å². The van der Waals surface area contributed by atoms with Crippen LogP contribution in [0.2, 0.25) is 0 Å². The number of rotatable bonds is 3. The molecule has 0 radical (unpaired) electrons. The van der Waals surface area contributed by atoms with Crippen LogP contribution >= 0.6 is 0 Å². The van der Waals surface area contributed by atoms with Crippen molar-refractivity contribution in [2.45, 2.75) is 38.8 Å². The van der Waals surface area contributed by atoms with E-state index in [1.165, 1.54) is 18.2 Å². The van der Waals surface area contributed by atoms with Gasteiger partial charge in [-0.3, -0.25) is 10.1 Å². The van der Waals surface area contributed by atoms with Gasteiger partial charge in [0.15, 0.2) is 0 Å². The van der Waals surface area contributed by atoms with Gasteiger partial charge < -0.3 is 9.69 Å². The molecule has 0 unspecified atom stereocenters. The van der Waals surface area contributed by atoms with E-state index in [0.29, 0.717) is 5.56 Å². The molecule has 0 N–H and O–H groups in total. The summed E-state index contributed by atoms with van der Waals surface area (Å²) < 4.78 is 25.5. The predicted molar refractivity (Wildman–Crippen MR) is 98.7 cm³/mol. The maximum absolute atomic E-state index is 13.0. The minimum absolute atomic E-state index is 0.264. The Kier molecular flexibility index (Phi) is 6.74. The third-order valence-corrected chi connectivity index (χ3v) is 3.96. The molecule has 2 rings (SSSR count). The van der Waals surface area contributed by atoms with E-state index in [-0.39, 0.29) is 5.82 Å². The first kappa shape index (κ1) is 21.7. The lowest BCUT2D eigenvalue weighted by atomic mass is 9.95. The number of nitro benzene ring substituents is 1. The molecule has 0 spiro atoms. The highest BCUT2D eigenvalue weighted by Crippen LogP contribution is 2.29. The number of nitrogens with zero attached hydrogens (tertiary/aromatic N) is 3. The van der Waals surface area contributed by atoms with Crippen molar-refractivity contribution in [1.82, 2.24) is 0 Å². The van der Waals surface area contributed by atoms with Crippen molar-refractivity contribution >= 4 is 5.69 Å². The molecule has 7 heteroatoms. The quantitative estimate of drug-likeness (QED) is 0.385. The maximum Gasteiger partial charge on any atom is 0.305 e. The second kappa shape index (κ2) is 8.37. The molecule has 0 bridgehead atoms. The second-order valence-corrected chi connectivity index (χ2v) is 6.77. The Morgan fingerprint density at radius 3 is 1.78 bits per heavy atom. The Morgan fingerprint density at radius 2 is 1.33 bits per heavy atom. The molecule has 0 saturated heterocycles. The number of benzene rings is 2. The average Bonchev–Trinajstić information content (AvgIpc) is 2.62.